The van der Waals surface area contributed by atoms with Crippen molar-refractivity contribution >= 4 is 5.90 Å². The van der Waals surface area contributed by atoms with Gasteiger partial charge in [0.25, 0.3) is 0 Å². The topological polar surface area (TPSA) is 46.1 Å². The number of fused-ring (bicyclic) bond motifs is 1. The van der Waals surface area contributed by atoms with Gasteiger partial charge >= 0.3 is 0 Å². The van der Waals surface area contributed by atoms with Crippen LogP contribution in [0.25, 0.3) is 0 Å². The van der Waals surface area contributed by atoms with Gasteiger partial charge in [0.2, 0.25) is 5.90 Å². The lowest BCUT2D eigenvalue weighted by Gasteiger charge is -2.33. The SMILES string of the molecule is C[C@]12CNC[C@@]1(C1=NOC[C@@H](CN3CCCCC3)O1)C2. The molecule has 4 aliphatic rings. The van der Waals surface area contributed by atoms with Crippen molar-refractivity contribution < 1.29 is 9.57 Å². The summed E-state index contributed by atoms with van der Waals surface area (Å²) < 4.78 is 6.23. The van der Waals surface area contributed by atoms with Crippen molar-refractivity contribution in [1.82, 2.24) is 10.2 Å². The number of rotatable bonds is 3. The van der Waals surface area contributed by atoms with E-state index in [0.29, 0.717) is 12.0 Å². The number of hydrogen-bond acceptors (Lipinski definition) is 5. The van der Waals surface area contributed by atoms with Crippen LogP contribution in [0, 0.1) is 10.8 Å². The highest BCUT2D eigenvalue weighted by Gasteiger charge is 2.71. The summed E-state index contributed by atoms with van der Waals surface area (Å²) in [5.41, 5.74) is 0.454. The van der Waals surface area contributed by atoms with Crippen LogP contribution >= 0.6 is 0 Å². The third-order valence-corrected chi connectivity index (χ3v) is 5.67. The Kier molecular flexibility index (Phi) is 2.96. The van der Waals surface area contributed by atoms with Gasteiger partial charge < -0.3 is 14.9 Å². The number of nitrogens with one attached hydrogen (secondary N) is 1. The molecule has 1 saturated carbocycles. The molecule has 0 spiro atoms. The van der Waals surface area contributed by atoms with E-state index in [1.54, 1.807) is 0 Å². The molecule has 3 heterocycles. The highest BCUT2D eigenvalue weighted by Crippen LogP contribution is 2.66. The van der Waals surface area contributed by atoms with Crippen LogP contribution in [0.4, 0.5) is 0 Å². The number of ether oxygens (including phenoxy) is 1. The lowest BCUT2D eigenvalue weighted by molar-refractivity contribution is -0.0169. The molecule has 3 atom stereocenters. The number of likely N-dealkylation sites (tertiary alicyclic amines) is 1. The second-order valence-corrected chi connectivity index (χ2v) is 7.22. The van der Waals surface area contributed by atoms with Gasteiger partial charge in [-0.2, -0.15) is 0 Å². The fourth-order valence-corrected chi connectivity index (χ4v) is 4.20. The Labute approximate surface area is 120 Å². The summed E-state index contributed by atoms with van der Waals surface area (Å²) in [6, 6.07) is 0. The van der Waals surface area contributed by atoms with Crippen molar-refractivity contribution in [1.29, 1.82) is 0 Å². The Bertz CT molecular complexity index is 417. The molecular weight excluding hydrogens is 254 g/mol. The first-order valence-corrected chi connectivity index (χ1v) is 8.02. The Morgan fingerprint density at radius 1 is 1.30 bits per heavy atom. The zero-order valence-electron chi connectivity index (χ0n) is 12.4. The number of piperidine rings is 2. The standard InChI is InChI=1S/C15H25N3O2/c1-14-9-15(14,11-16-10-14)13-17-19-8-12(20-13)7-18-5-3-2-4-6-18/h12,16H,2-11H2,1H3/t12-,14+,15-/m1/s1. The first-order valence-electron chi connectivity index (χ1n) is 8.02. The minimum absolute atomic E-state index is 0.119. The van der Waals surface area contributed by atoms with E-state index in [-0.39, 0.29) is 11.5 Å². The second-order valence-electron chi connectivity index (χ2n) is 7.22. The lowest BCUT2D eigenvalue weighted by atomic mass is 9.98. The highest BCUT2D eigenvalue weighted by atomic mass is 16.7. The van der Waals surface area contributed by atoms with Gasteiger partial charge in [-0.05, 0) is 37.8 Å². The van der Waals surface area contributed by atoms with E-state index < -0.39 is 0 Å². The molecule has 1 aliphatic carbocycles. The number of oxime groups is 1. The Hall–Kier alpha value is -0.810. The molecule has 20 heavy (non-hydrogen) atoms. The Morgan fingerprint density at radius 3 is 2.85 bits per heavy atom. The molecular formula is C15H25N3O2. The molecule has 5 heteroatoms. The van der Waals surface area contributed by atoms with E-state index in [0.717, 1.165) is 25.5 Å². The molecule has 112 valence electrons. The van der Waals surface area contributed by atoms with E-state index in [4.69, 9.17) is 9.57 Å². The van der Waals surface area contributed by atoms with E-state index in [1.165, 1.54) is 38.8 Å². The quantitative estimate of drug-likeness (QED) is 0.843. The summed E-state index contributed by atoms with van der Waals surface area (Å²) in [6.07, 6.45) is 5.35. The lowest BCUT2D eigenvalue weighted by Crippen LogP contribution is -2.44. The van der Waals surface area contributed by atoms with Gasteiger partial charge in [-0.1, -0.05) is 18.5 Å². The molecule has 1 N–H and O–H groups in total. The fourth-order valence-electron chi connectivity index (χ4n) is 4.20. The van der Waals surface area contributed by atoms with Crippen LogP contribution < -0.4 is 5.32 Å². The molecule has 4 rings (SSSR count). The molecule has 0 aromatic rings. The second kappa shape index (κ2) is 4.60. The van der Waals surface area contributed by atoms with Gasteiger partial charge in [0.05, 0.1) is 5.41 Å². The molecule has 3 aliphatic heterocycles. The average Bonchev–Trinajstić information content (AvgIpc) is 2.94. The minimum atomic E-state index is 0.119. The Morgan fingerprint density at radius 2 is 2.15 bits per heavy atom. The van der Waals surface area contributed by atoms with Crippen LogP contribution in [-0.2, 0) is 9.57 Å². The maximum Gasteiger partial charge on any atom is 0.234 e. The smallest absolute Gasteiger partial charge is 0.234 e. The van der Waals surface area contributed by atoms with Gasteiger partial charge in [0, 0.05) is 19.6 Å². The largest absolute Gasteiger partial charge is 0.470 e. The van der Waals surface area contributed by atoms with Gasteiger partial charge in [0.15, 0.2) is 6.61 Å². The first kappa shape index (κ1) is 12.9. The zero-order valence-corrected chi connectivity index (χ0v) is 12.4. The van der Waals surface area contributed by atoms with Crippen molar-refractivity contribution in [3.63, 3.8) is 0 Å². The van der Waals surface area contributed by atoms with Crippen LogP contribution in [0.5, 0.6) is 0 Å². The highest BCUT2D eigenvalue weighted by molar-refractivity contribution is 5.88. The Balaban J connectivity index is 1.39. The summed E-state index contributed by atoms with van der Waals surface area (Å²) in [5.74, 6) is 0.859. The van der Waals surface area contributed by atoms with Crippen LogP contribution in [0.1, 0.15) is 32.6 Å². The molecule has 0 radical (unpaired) electrons. The van der Waals surface area contributed by atoms with Gasteiger partial charge in [-0.3, -0.25) is 4.90 Å². The molecule has 0 aromatic heterocycles. The average molecular weight is 279 g/mol. The van der Waals surface area contributed by atoms with Crippen molar-refractivity contribution in [3.05, 3.63) is 0 Å². The maximum atomic E-state index is 6.23. The van der Waals surface area contributed by atoms with Gasteiger partial charge in [-0.25, -0.2) is 0 Å². The van der Waals surface area contributed by atoms with Crippen molar-refractivity contribution in [3.8, 4) is 0 Å². The van der Waals surface area contributed by atoms with Crippen LogP contribution in [0.3, 0.4) is 0 Å². The number of nitrogens with zero attached hydrogens (tertiary/aromatic N) is 2. The van der Waals surface area contributed by atoms with Crippen molar-refractivity contribution in [2.24, 2.45) is 16.0 Å². The molecule has 5 nitrogen and oxygen atoms in total. The monoisotopic (exact) mass is 279 g/mol. The molecule has 0 bridgehead atoms. The molecule has 0 aromatic carbocycles. The molecule has 0 unspecified atom stereocenters. The van der Waals surface area contributed by atoms with Gasteiger partial charge in [0.1, 0.15) is 6.10 Å². The van der Waals surface area contributed by atoms with Crippen LogP contribution in [0.15, 0.2) is 5.16 Å². The predicted octanol–water partition coefficient (Wildman–Crippen LogP) is 1.20. The molecule has 3 fully saturated rings. The minimum Gasteiger partial charge on any atom is -0.470 e. The van der Waals surface area contributed by atoms with Crippen molar-refractivity contribution in [2.75, 3.05) is 39.3 Å². The maximum absolute atomic E-state index is 6.23. The van der Waals surface area contributed by atoms with Crippen LogP contribution in [-0.4, -0.2) is 56.2 Å². The third kappa shape index (κ3) is 1.94. The summed E-state index contributed by atoms with van der Waals surface area (Å²) in [6.45, 7) is 8.38. The first-order chi connectivity index (χ1) is 9.72. The van der Waals surface area contributed by atoms with Crippen LogP contribution in [0.2, 0.25) is 0 Å². The summed E-state index contributed by atoms with van der Waals surface area (Å²) in [7, 11) is 0. The summed E-state index contributed by atoms with van der Waals surface area (Å²) in [5, 5.41) is 7.72. The zero-order chi connectivity index (χ0) is 13.6. The van der Waals surface area contributed by atoms with E-state index >= 15 is 0 Å². The summed E-state index contributed by atoms with van der Waals surface area (Å²) in [4.78, 5) is 8.01. The normalized spacial score (nSPS) is 44.2. The van der Waals surface area contributed by atoms with Crippen molar-refractivity contribution in [2.45, 2.75) is 38.7 Å². The predicted molar refractivity (Wildman–Crippen MR) is 76.6 cm³/mol. The number of hydrogen-bond donors (Lipinski definition) is 1. The van der Waals surface area contributed by atoms with E-state index in [9.17, 15) is 0 Å². The molecule has 2 saturated heterocycles. The fraction of sp³-hybridized carbons (Fsp3) is 0.933. The molecule has 0 amide bonds. The van der Waals surface area contributed by atoms with E-state index in [1.807, 2.05) is 0 Å². The third-order valence-electron chi connectivity index (χ3n) is 5.67. The van der Waals surface area contributed by atoms with Gasteiger partial charge in [-0.15, -0.1) is 0 Å². The van der Waals surface area contributed by atoms with E-state index in [2.05, 4.69) is 22.3 Å². The summed E-state index contributed by atoms with van der Waals surface area (Å²) >= 11 is 0.